The van der Waals surface area contributed by atoms with Crippen LogP contribution in [0.4, 0.5) is 5.82 Å². The summed E-state index contributed by atoms with van der Waals surface area (Å²) in [5.74, 6) is 0.773. The minimum Gasteiger partial charge on any atom is -0.385 e. The first kappa shape index (κ1) is 18.2. The van der Waals surface area contributed by atoms with Crippen molar-refractivity contribution < 1.29 is 4.74 Å². The lowest BCUT2D eigenvalue weighted by Crippen LogP contribution is -2.19. The molecule has 0 saturated carbocycles. The number of aryl methyl sites for hydroxylation is 1. The molecule has 0 aliphatic heterocycles. The maximum Gasteiger partial charge on any atom is 0.148 e. The van der Waals surface area contributed by atoms with E-state index in [1.165, 1.54) is 19.3 Å². The van der Waals surface area contributed by atoms with Crippen molar-refractivity contribution in [2.45, 2.75) is 64.8 Å². The molecule has 0 amide bonds. The highest BCUT2D eigenvalue weighted by Gasteiger charge is 2.12. The van der Waals surface area contributed by atoms with Crippen LogP contribution in [0, 0.1) is 0 Å². The summed E-state index contributed by atoms with van der Waals surface area (Å²) in [7, 11) is 1.76. The molecule has 1 aromatic rings. The molecule has 1 atom stereocenters. The van der Waals surface area contributed by atoms with Crippen LogP contribution in [0.3, 0.4) is 0 Å². The second-order valence-corrected chi connectivity index (χ2v) is 5.66. The van der Waals surface area contributed by atoms with Gasteiger partial charge in [-0.15, -0.1) is 0 Å². The molecule has 1 unspecified atom stereocenters. The van der Waals surface area contributed by atoms with E-state index in [1.807, 2.05) is 0 Å². The van der Waals surface area contributed by atoms with Crippen LogP contribution < -0.4 is 5.32 Å². The number of anilines is 1. The molecule has 0 aliphatic carbocycles. The van der Waals surface area contributed by atoms with Crippen molar-refractivity contribution in [3.05, 3.63) is 17.0 Å². The van der Waals surface area contributed by atoms with Gasteiger partial charge in [-0.05, 0) is 25.7 Å². The van der Waals surface area contributed by atoms with E-state index in [9.17, 15) is 0 Å². The number of nitrogens with zero attached hydrogens (tertiary/aromatic N) is 2. The fourth-order valence-electron chi connectivity index (χ4n) is 2.32. The minimum atomic E-state index is 0.421. The third-order valence-electron chi connectivity index (χ3n) is 3.68. The molecule has 1 aromatic heterocycles. The SMILES string of the molecule is CCc1ncnc(NC(CC)CCCCCCOC)c1Cl. The average Bonchev–Trinajstić information content (AvgIpc) is 2.51. The van der Waals surface area contributed by atoms with E-state index in [-0.39, 0.29) is 0 Å². The van der Waals surface area contributed by atoms with E-state index in [4.69, 9.17) is 16.3 Å². The standard InChI is InChI=1S/C16H28ClN3O/c1-4-13(10-8-6-7-9-11-21-3)20-16-15(17)14(5-2)18-12-19-16/h12-13H,4-11H2,1-3H3,(H,18,19,20). The van der Waals surface area contributed by atoms with E-state index in [2.05, 4.69) is 29.1 Å². The molecule has 21 heavy (non-hydrogen) atoms. The maximum absolute atomic E-state index is 6.33. The van der Waals surface area contributed by atoms with Crippen LogP contribution in [0.5, 0.6) is 0 Å². The first-order chi connectivity index (χ1) is 10.2. The summed E-state index contributed by atoms with van der Waals surface area (Å²) >= 11 is 6.33. The quantitative estimate of drug-likeness (QED) is 0.612. The van der Waals surface area contributed by atoms with Crippen molar-refractivity contribution in [3.8, 4) is 0 Å². The number of aromatic nitrogens is 2. The van der Waals surface area contributed by atoms with Crippen molar-refractivity contribution >= 4 is 17.4 Å². The van der Waals surface area contributed by atoms with Gasteiger partial charge in [-0.3, -0.25) is 0 Å². The van der Waals surface area contributed by atoms with Crippen molar-refractivity contribution in [1.82, 2.24) is 9.97 Å². The molecular formula is C16H28ClN3O. The largest absolute Gasteiger partial charge is 0.385 e. The summed E-state index contributed by atoms with van der Waals surface area (Å²) in [5.41, 5.74) is 0.906. The predicted octanol–water partition coefficient (Wildman–Crippen LogP) is 4.48. The lowest BCUT2D eigenvalue weighted by Gasteiger charge is -2.18. The Morgan fingerprint density at radius 3 is 2.62 bits per heavy atom. The molecule has 0 aliphatic rings. The zero-order valence-corrected chi connectivity index (χ0v) is 14.2. The van der Waals surface area contributed by atoms with Gasteiger partial charge in [-0.1, -0.05) is 44.7 Å². The smallest absolute Gasteiger partial charge is 0.148 e. The van der Waals surface area contributed by atoms with Crippen molar-refractivity contribution in [1.29, 1.82) is 0 Å². The van der Waals surface area contributed by atoms with E-state index >= 15 is 0 Å². The Bertz CT molecular complexity index is 401. The summed E-state index contributed by atoms with van der Waals surface area (Å²) < 4.78 is 5.06. The van der Waals surface area contributed by atoms with Gasteiger partial charge in [-0.25, -0.2) is 9.97 Å². The number of methoxy groups -OCH3 is 1. The molecule has 0 saturated heterocycles. The van der Waals surface area contributed by atoms with Crippen molar-refractivity contribution in [3.63, 3.8) is 0 Å². The summed E-state index contributed by atoms with van der Waals surface area (Å²) in [4.78, 5) is 8.47. The Morgan fingerprint density at radius 1 is 1.19 bits per heavy atom. The number of hydrogen-bond donors (Lipinski definition) is 1. The second kappa shape index (κ2) is 10.8. The zero-order chi connectivity index (χ0) is 15.5. The Balaban J connectivity index is 2.40. The fraction of sp³-hybridized carbons (Fsp3) is 0.750. The van der Waals surface area contributed by atoms with Gasteiger partial charge in [0.2, 0.25) is 0 Å². The Labute approximate surface area is 133 Å². The maximum atomic E-state index is 6.33. The van der Waals surface area contributed by atoms with Gasteiger partial charge < -0.3 is 10.1 Å². The van der Waals surface area contributed by atoms with Crippen LogP contribution in [0.1, 0.15) is 58.1 Å². The third kappa shape index (κ3) is 6.62. The van der Waals surface area contributed by atoms with Gasteiger partial charge in [0.25, 0.3) is 0 Å². The molecule has 0 fully saturated rings. The number of halogens is 1. The average molecular weight is 314 g/mol. The van der Waals surface area contributed by atoms with Crippen LogP contribution in [-0.2, 0) is 11.2 Å². The van der Waals surface area contributed by atoms with Crippen LogP contribution in [-0.4, -0.2) is 29.7 Å². The summed E-state index contributed by atoms with van der Waals surface area (Å²) in [5, 5.41) is 4.13. The molecule has 5 heteroatoms. The minimum absolute atomic E-state index is 0.421. The van der Waals surface area contributed by atoms with Crippen molar-refractivity contribution in [2.24, 2.45) is 0 Å². The monoisotopic (exact) mass is 313 g/mol. The molecule has 4 nitrogen and oxygen atoms in total. The molecule has 0 aromatic carbocycles. The molecular weight excluding hydrogens is 286 g/mol. The number of ether oxygens (including phenoxy) is 1. The first-order valence-corrected chi connectivity index (χ1v) is 8.35. The number of unbranched alkanes of at least 4 members (excludes halogenated alkanes) is 3. The molecule has 1 N–H and O–H groups in total. The predicted molar refractivity (Wildman–Crippen MR) is 89.1 cm³/mol. The van der Waals surface area contributed by atoms with Crippen LogP contribution >= 0.6 is 11.6 Å². The summed E-state index contributed by atoms with van der Waals surface area (Å²) in [6.07, 6.45) is 9.48. The zero-order valence-electron chi connectivity index (χ0n) is 13.5. The van der Waals surface area contributed by atoms with Crippen molar-refractivity contribution in [2.75, 3.05) is 19.0 Å². The lowest BCUT2D eigenvalue weighted by atomic mass is 10.1. The first-order valence-electron chi connectivity index (χ1n) is 7.97. The van der Waals surface area contributed by atoms with Gasteiger partial charge in [0.1, 0.15) is 17.2 Å². The molecule has 1 rings (SSSR count). The van der Waals surface area contributed by atoms with Gasteiger partial charge in [0, 0.05) is 19.8 Å². The highest BCUT2D eigenvalue weighted by atomic mass is 35.5. The van der Waals surface area contributed by atoms with E-state index in [0.29, 0.717) is 11.1 Å². The van der Waals surface area contributed by atoms with Crippen LogP contribution in [0.25, 0.3) is 0 Å². The van der Waals surface area contributed by atoms with E-state index in [1.54, 1.807) is 13.4 Å². The summed E-state index contributed by atoms with van der Waals surface area (Å²) in [6.45, 7) is 5.11. The molecule has 120 valence electrons. The summed E-state index contributed by atoms with van der Waals surface area (Å²) in [6, 6.07) is 0.421. The molecule has 0 bridgehead atoms. The van der Waals surface area contributed by atoms with Gasteiger partial charge >= 0.3 is 0 Å². The second-order valence-electron chi connectivity index (χ2n) is 5.28. The topological polar surface area (TPSA) is 47.0 Å². The van der Waals surface area contributed by atoms with Crippen LogP contribution in [0.15, 0.2) is 6.33 Å². The number of hydrogen-bond acceptors (Lipinski definition) is 4. The van der Waals surface area contributed by atoms with E-state index < -0.39 is 0 Å². The number of nitrogens with one attached hydrogen (secondary N) is 1. The third-order valence-corrected chi connectivity index (χ3v) is 4.08. The van der Waals surface area contributed by atoms with Gasteiger partial charge in [0.05, 0.1) is 5.69 Å². The fourth-order valence-corrected chi connectivity index (χ4v) is 2.60. The van der Waals surface area contributed by atoms with Crippen LogP contribution in [0.2, 0.25) is 5.02 Å². The highest BCUT2D eigenvalue weighted by molar-refractivity contribution is 6.33. The molecule has 1 heterocycles. The van der Waals surface area contributed by atoms with Gasteiger partial charge in [0.15, 0.2) is 0 Å². The highest BCUT2D eigenvalue weighted by Crippen LogP contribution is 2.24. The Kier molecular flexibility index (Phi) is 9.35. The molecule has 0 radical (unpaired) electrons. The Morgan fingerprint density at radius 2 is 1.95 bits per heavy atom. The molecule has 0 spiro atoms. The Hall–Kier alpha value is -0.870. The lowest BCUT2D eigenvalue weighted by molar-refractivity contribution is 0.192. The van der Waals surface area contributed by atoms with Gasteiger partial charge in [-0.2, -0.15) is 0 Å². The number of rotatable bonds is 11. The van der Waals surface area contributed by atoms with E-state index in [0.717, 1.165) is 43.8 Å². The normalized spacial score (nSPS) is 12.4.